The Morgan fingerprint density at radius 1 is 0.971 bits per heavy atom. The summed E-state index contributed by atoms with van der Waals surface area (Å²) in [5, 5.41) is 3.31. The summed E-state index contributed by atoms with van der Waals surface area (Å²) in [5.74, 6) is 0.310. The summed E-state index contributed by atoms with van der Waals surface area (Å²) in [7, 11) is 0. The van der Waals surface area contributed by atoms with Gasteiger partial charge in [0.15, 0.2) is 5.75 Å². The summed E-state index contributed by atoms with van der Waals surface area (Å²) in [5.41, 5.74) is 2.44. The fraction of sp³-hybridized carbons (Fsp3) is 0.0769. The lowest BCUT2D eigenvalue weighted by atomic mass is 10.1. The minimum atomic E-state index is -0.432. The second-order valence-electron chi connectivity index (χ2n) is 7.65. The van der Waals surface area contributed by atoms with E-state index < -0.39 is 11.8 Å². The molecule has 0 fully saturated rings. The fourth-order valence-electron chi connectivity index (χ4n) is 3.74. The van der Waals surface area contributed by atoms with Crippen LogP contribution in [0.25, 0.3) is 0 Å². The smallest absolute Gasteiger partial charge is 0.278 e. The first-order valence-electron chi connectivity index (χ1n) is 10.6. The predicted molar refractivity (Wildman–Crippen MR) is 128 cm³/mol. The van der Waals surface area contributed by atoms with E-state index in [1.807, 2.05) is 36.4 Å². The third kappa shape index (κ3) is 4.33. The quantitative estimate of drug-likeness (QED) is 0.453. The molecule has 168 valence electrons. The first-order chi connectivity index (χ1) is 16.6. The standard InChI is InChI=1S/C26H19ClN4O3/c27-19-7-8-23-21(14-19)31(16-18-4-1-2-6-22(18)34-23)26(33)24-20(5-3-11-29-24)25(32)30-15-17-9-12-28-13-10-17/h1-14H,15-16H2,(H,30,32). The zero-order valence-electron chi connectivity index (χ0n) is 17.9. The van der Waals surface area contributed by atoms with Gasteiger partial charge in [-0.15, -0.1) is 0 Å². The maximum absolute atomic E-state index is 13.8. The monoisotopic (exact) mass is 470 g/mol. The van der Waals surface area contributed by atoms with E-state index in [-0.39, 0.29) is 17.8 Å². The van der Waals surface area contributed by atoms with Crippen molar-refractivity contribution in [3.63, 3.8) is 0 Å². The minimum Gasteiger partial charge on any atom is -0.455 e. The SMILES string of the molecule is O=C(NCc1ccncc1)c1cccnc1C(=O)N1Cc2ccccc2Oc2ccc(Cl)cc21. The van der Waals surface area contributed by atoms with Gasteiger partial charge < -0.3 is 10.1 Å². The molecule has 0 saturated carbocycles. The van der Waals surface area contributed by atoms with Crippen molar-refractivity contribution >= 4 is 29.1 Å². The molecule has 1 N–H and O–H groups in total. The molecule has 4 aromatic rings. The number of fused-ring (bicyclic) bond motifs is 2. The van der Waals surface area contributed by atoms with E-state index in [0.29, 0.717) is 28.8 Å². The molecule has 0 saturated heterocycles. The van der Waals surface area contributed by atoms with E-state index in [1.54, 1.807) is 42.7 Å². The molecular weight excluding hydrogens is 452 g/mol. The Kier molecular flexibility index (Phi) is 5.93. The van der Waals surface area contributed by atoms with Gasteiger partial charge in [0.25, 0.3) is 11.8 Å². The molecule has 0 bridgehead atoms. The van der Waals surface area contributed by atoms with Crippen LogP contribution in [0.15, 0.2) is 85.3 Å². The van der Waals surface area contributed by atoms with Gasteiger partial charge in [0.05, 0.1) is 17.8 Å². The van der Waals surface area contributed by atoms with Crippen LogP contribution in [0.5, 0.6) is 11.5 Å². The summed E-state index contributed by atoms with van der Waals surface area (Å²) in [6, 6.07) is 19.4. The molecular formula is C26H19ClN4O3. The Hall–Kier alpha value is -4.23. The summed E-state index contributed by atoms with van der Waals surface area (Å²) in [6.07, 6.45) is 4.80. The number of anilines is 1. The van der Waals surface area contributed by atoms with Crippen LogP contribution in [-0.2, 0) is 13.1 Å². The number of rotatable bonds is 4. The zero-order chi connectivity index (χ0) is 23.5. The van der Waals surface area contributed by atoms with E-state index >= 15 is 0 Å². The van der Waals surface area contributed by atoms with Crippen LogP contribution in [0, 0.1) is 0 Å². The molecule has 2 aromatic heterocycles. The van der Waals surface area contributed by atoms with Crippen molar-refractivity contribution in [2.45, 2.75) is 13.1 Å². The van der Waals surface area contributed by atoms with Gasteiger partial charge in [0.2, 0.25) is 0 Å². The van der Waals surface area contributed by atoms with Crippen LogP contribution in [-0.4, -0.2) is 21.8 Å². The largest absolute Gasteiger partial charge is 0.455 e. The second kappa shape index (κ2) is 9.33. The Bertz CT molecular complexity index is 1380. The first-order valence-corrected chi connectivity index (χ1v) is 11.0. The van der Waals surface area contributed by atoms with Gasteiger partial charge in [-0.1, -0.05) is 29.8 Å². The van der Waals surface area contributed by atoms with E-state index in [4.69, 9.17) is 16.3 Å². The number of nitrogens with one attached hydrogen (secondary N) is 1. The topological polar surface area (TPSA) is 84.4 Å². The predicted octanol–water partition coefficient (Wildman–Crippen LogP) is 5.01. The van der Waals surface area contributed by atoms with Crippen molar-refractivity contribution in [2.24, 2.45) is 0 Å². The average molecular weight is 471 g/mol. The van der Waals surface area contributed by atoms with Crippen molar-refractivity contribution in [3.8, 4) is 11.5 Å². The van der Waals surface area contributed by atoms with E-state index in [9.17, 15) is 9.59 Å². The number of hydrogen-bond acceptors (Lipinski definition) is 5. The van der Waals surface area contributed by atoms with Gasteiger partial charge in [0, 0.05) is 35.7 Å². The molecule has 0 spiro atoms. The van der Waals surface area contributed by atoms with Gasteiger partial charge in [-0.25, -0.2) is 0 Å². The van der Waals surface area contributed by atoms with Crippen LogP contribution >= 0.6 is 11.6 Å². The average Bonchev–Trinajstić information content (AvgIpc) is 3.04. The van der Waals surface area contributed by atoms with Gasteiger partial charge in [-0.3, -0.25) is 24.5 Å². The maximum atomic E-state index is 13.8. The van der Waals surface area contributed by atoms with Gasteiger partial charge in [-0.2, -0.15) is 0 Å². The van der Waals surface area contributed by atoms with Crippen LogP contribution in [0.2, 0.25) is 5.02 Å². The Morgan fingerprint density at radius 2 is 1.79 bits per heavy atom. The Balaban J connectivity index is 1.50. The molecule has 1 aliphatic heterocycles. The van der Waals surface area contributed by atoms with Crippen molar-refractivity contribution in [1.82, 2.24) is 15.3 Å². The lowest BCUT2D eigenvalue weighted by Gasteiger charge is -2.23. The summed E-state index contributed by atoms with van der Waals surface area (Å²) in [6.45, 7) is 0.532. The molecule has 34 heavy (non-hydrogen) atoms. The lowest BCUT2D eigenvalue weighted by Crippen LogP contribution is -2.33. The highest BCUT2D eigenvalue weighted by Crippen LogP contribution is 2.40. The van der Waals surface area contributed by atoms with Gasteiger partial charge in [0.1, 0.15) is 11.4 Å². The van der Waals surface area contributed by atoms with Crippen molar-refractivity contribution in [1.29, 1.82) is 0 Å². The number of ether oxygens (including phenoxy) is 1. The number of benzene rings is 2. The summed E-state index contributed by atoms with van der Waals surface area (Å²) < 4.78 is 6.08. The molecule has 0 unspecified atom stereocenters. The van der Waals surface area contributed by atoms with Gasteiger partial charge in [-0.05, 0) is 54.1 Å². The van der Waals surface area contributed by atoms with Crippen LogP contribution in [0.1, 0.15) is 32.0 Å². The zero-order valence-corrected chi connectivity index (χ0v) is 18.7. The number of amides is 2. The Labute approximate surface area is 201 Å². The van der Waals surface area contributed by atoms with Crippen LogP contribution < -0.4 is 15.0 Å². The molecule has 0 atom stereocenters. The second-order valence-corrected chi connectivity index (χ2v) is 8.09. The number of aromatic nitrogens is 2. The number of halogens is 1. The van der Waals surface area contributed by atoms with E-state index in [0.717, 1.165) is 11.1 Å². The number of hydrogen-bond donors (Lipinski definition) is 1. The molecule has 5 rings (SSSR count). The number of carbonyl (C=O) groups is 2. The highest BCUT2D eigenvalue weighted by Gasteiger charge is 2.29. The number of nitrogens with zero attached hydrogens (tertiary/aromatic N) is 3. The van der Waals surface area contributed by atoms with E-state index in [2.05, 4.69) is 15.3 Å². The van der Waals surface area contributed by atoms with Crippen LogP contribution in [0.4, 0.5) is 5.69 Å². The molecule has 3 heterocycles. The molecule has 0 aliphatic carbocycles. The van der Waals surface area contributed by atoms with Gasteiger partial charge >= 0.3 is 0 Å². The normalized spacial score (nSPS) is 12.1. The third-order valence-electron chi connectivity index (χ3n) is 5.44. The molecule has 2 amide bonds. The highest BCUT2D eigenvalue weighted by molar-refractivity contribution is 6.31. The number of carbonyl (C=O) groups excluding carboxylic acids is 2. The summed E-state index contributed by atoms with van der Waals surface area (Å²) in [4.78, 5) is 36.6. The van der Waals surface area contributed by atoms with E-state index in [1.165, 1.54) is 11.1 Å². The molecule has 8 heteroatoms. The lowest BCUT2D eigenvalue weighted by molar-refractivity contribution is 0.0927. The fourth-order valence-corrected chi connectivity index (χ4v) is 3.91. The highest BCUT2D eigenvalue weighted by atomic mass is 35.5. The Morgan fingerprint density at radius 3 is 2.65 bits per heavy atom. The summed E-state index contributed by atoms with van der Waals surface area (Å²) >= 11 is 6.26. The minimum absolute atomic E-state index is 0.0417. The first kappa shape index (κ1) is 21.6. The molecule has 0 radical (unpaired) electrons. The van der Waals surface area contributed by atoms with Crippen molar-refractivity contribution in [3.05, 3.63) is 113 Å². The van der Waals surface area contributed by atoms with Crippen molar-refractivity contribution < 1.29 is 14.3 Å². The number of para-hydroxylation sites is 1. The molecule has 2 aromatic carbocycles. The van der Waals surface area contributed by atoms with Crippen molar-refractivity contribution in [2.75, 3.05) is 4.90 Å². The molecule has 7 nitrogen and oxygen atoms in total. The number of pyridine rings is 2. The molecule has 1 aliphatic rings. The van der Waals surface area contributed by atoms with Crippen LogP contribution in [0.3, 0.4) is 0 Å². The maximum Gasteiger partial charge on any atom is 0.278 e. The third-order valence-corrected chi connectivity index (χ3v) is 5.67.